The van der Waals surface area contributed by atoms with Gasteiger partial charge in [-0.2, -0.15) is 10.6 Å². The Kier molecular flexibility index (Phi) is 4.80. The molecule has 1 aliphatic carbocycles. The van der Waals surface area contributed by atoms with Gasteiger partial charge in [0.05, 0.1) is 36.5 Å². The summed E-state index contributed by atoms with van der Waals surface area (Å²) in [4.78, 5) is 17.0. The van der Waals surface area contributed by atoms with Crippen molar-refractivity contribution in [3.8, 4) is 5.75 Å². The molecule has 0 saturated heterocycles. The number of nitrogens with one attached hydrogen (secondary N) is 3. The van der Waals surface area contributed by atoms with Crippen LogP contribution in [0, 0.1) is 0 Å². The summed E-state index contributed by atoms with van der Waals surface area (Å²) in [6.45, 7) is 4.86. The Hall–Kier alpha value is -2.75. The van der Waals surface area contributed by atoms with E-state index in [9.17, 15) is 0 Å². The quantitative estimate of drug-likeness (QED) is 0.401. The van der Waals surface area contributed by atoms with E-state index in [4.69, 9.17) is 9.57 Å². The van der Waals surface area contributed by atoms with Gasteiger partial charge in [0.25, 0.3) is 0 Å². The number of hydrogen-bond donors (Lipinski definition) is 3. The van der Waals surface area contributed by atoms with Crippen LogP contribution in [0.15, 0.2) is 24.7 Å². The first-order valence-corrected chi connectivity index (χ1v) is 10.8. The van der Waals surface area contributed by atoms with Gasteiger partial charge in [0.2, 0.25) is 0 Å². The fourth-order valence-electron chi connectivity index (χ4n) is 4.08. The third kappa shape index (κ3) is 3.28. The molecule has 5 rings (SSSR count). The lowest BCUT2D eigenvalue weighted by Crippen LogP contribution is -2.46. The summed E-state index contributed by atoms with van der Waals surface area (Å²) in [5.41, 5.74) is 6.29. The van der Waals surface area contributed by atoms with Gasteiger partial charge in [-0.25, -0.2) is 9.97 Å². The van der Waals surface area contributed by atoms with Crippen LogP contribution < -0.4 is 15.5 Å². The molecule has 0 fully saturated rings. The molecule has 1 aliphatic rings. The highest BCUT2D eigenvalue weighted by atomic mass is 32.1. The summed E-state index contributed by atoms with van der Waals surface area (Å²) < 4.78 is 5.59. The first-order chi connectivity index (χ1) is 14.6. The molecule has 0 radical (unpaired) electrons. The second kappa shape index (κ2) is 7.50. The molecular formula is C21H24N6O2S. The molecule has 3 aromatic heterocycles. The minimum absolute atomic E-state index is 0.0690. The van der Waals surface area contributed by atoms with Crippen molar-refractivity contribution >= 4 is 44.0 Å². The zero-order valence-electron chi connectivity index (χ0n) is 17.2. The zero-order chi connectivity index (χ0) is 20.7. The minimum atomic E-state index is -0.0690. The van der Waals surface area contributed by atoms with Crippen molar-refractivity contribution in [2.75, 3.05) is 19.0 Å². The maximum atomic E-state index is 5.59. The van der Waals surface area contributed by atoms with Crippen LogP contribution in [0.3, 0.4) is 0 Å². The number of hydroxylamine groups is 1. The molecule has 30 heavy (non-hydrogen) atoms. The molecule has 0 saturated carbocycles. The molecule has 1 aromatic carbocycles. The molecule has 156 valence electrons. The number of benzene rings is 1. The lowest BCUT2D eigenvalue weighted by Gasteiger charge is -2.33. The summed E-state index contributed by atoms with van der Waals surface area (Å²) in [5.74, 6) is 1.54. The van der Waals surface area contributed by atoms with Crippen LogP contribution in [0.25, 0.3) is 21.1 Å². The van der Waals surface area contributed by atoms with Gasteiger partial charge < -0.3 is 14.9 Å². The monoisotopic (exact) mass is 424 g/mol. The highest BCUT2D eigenvalue weighted by Crippen LogP contribution is 2.42. The van der Waals surface area contributed by atoms with Crippen molar-refractivity contribution in [3.05, 3.63) is 35.1 Å². The van der Waals surface area contributed by atoms with Gasteiger partial charge in [0.15, 0.2) is 0 Å². The molecular weight excluding hydrogens is 400 g/mol. The Balaban J connectivity index is 1.54. The first-order valence-electron chi connectivity index (χ1n) is 10.0. The van der Waals surface area contributed by atoms with E-state index in [2.05, 4.69) is 37.9 Å². The van der Waals surface area contributed by atoms with Crippen molar-refractivity contribution in [2.24, 2.45) is 0 Å². The number of anilines is 2. The smallest absolute Gasteiger partial charge is 0.144 e. The minimum Gasteiger partial charge on any atom is -0.494 e. The highest BCUT2D eigenvalue weighted by Gasteiger charge is 2.33. The number of aromatic nitrogens is 4. The second-order valence-corrected chi connectivity index (χ2v) is 8.90. The molecule has 8 nitrogen and oxygen atoms in total. The normalized spacial score (nSPS) is 18.6. The van der Waals surface area contributed by atoms with E-state index in [0.29, 0.717) is 6.61 Å². The van der Waals surface area contributed by atoms with Crippen LogP contribution >= 0.6 is 11.3 Å². The molecule has 0 bridgehead atoms. The summed E-state index contributed by atoms with van der Waals surface area (Å²) in [6, 6.07) is 3.96. The average molecular weight is 425 g/mol. The van der Waals surface area contributed by atoms with Crippen LogP contribution in [-0.2, 0) is 17.7 Å². The molecule has 3 N–H and O–H groups in total. The molecule has 1 unspecified atom stereocenters. The Morgan fingerprint density at radius 1 is 1.30 bits per heavy atom. The van der Waals surface area contributed by atoms with Gasteiger partial charge in [0, 0.05) is 28.3 Å². The number of H-pyrrole nitrogens is 1. The van der Waals surface area contributed by atoms with Gasteiger partial charge in [-0.3, -0.25) is 5.10 Å². The van der Waals surface area contributed by atoms with E-state index >= 15 is 0 Å². The van der Waals surface area contributed by atoms with Crippen molar-refractivity contribution in [2.45, 2.75) is 38.6 Å². The van der Waals surface area contributed by atoms with E-state index in [1.165, 1.54) is 10.4 Å². The molecule has 0 aliphatic heterocycles. The van der Waals surface area contributed by atoms with Gasteiger partial charge in [-0.15, -0.1) is 11.3 Å². The number of fused-ring (bicyclic) bond motifs is 4. The summed E-state index contributed by atoms with van der Waals surface area (Å²) in [7, 11) is 1.66. The van der Waals surface area contributed by atoms with Gasteiger partial charge in [-0.05, 0) is 38.3 Å². The lowest BCUT2D eigenvalue weighted by molar-refractivity contribution is -0.0153. The molecule has 0 spiro atoms. The Labute approximate surface area is 178 Å². The number of ether oxygens (including phenoxy) is 1. The van der Waals surface area contributed by atoms with E-state index in [-0.39, 0.29) is 5.54 Å². The summed E-state index contributed by atoms with van der Waals surface area (Å²) >= 11 is 1.74. The van der Waals surface area contributed by atoms with Crippen LogP contribution in [0.5, 0.6) is 5.75 Å². The largest absolute Gasteiger partial charge is 0.494 e. The predicted octanol–water partition coefficient (Wildman–Crippen LogP) is 4.11. The fraction of sp³-hybridized carbons (Fsp3) is 0.381. The summed E-state index contributed by atoms with van der Waals surface area (Å²) in [5, 5.41) is 12.7. The third-order valence-electron chi connectivity index (χ3n) is 5.62. The van der Waals surface area contributed by atoms with Gasteiger partial charge in [0.1, 0.15) is 22.7 Å². The number of aromatic amines is 1. The molecule has 0 amide bonds. The topological polar surface area (TPSA) is 97.0 Å². The van der Waals surface area contributed by atoms with Crippen molar-refractivity contribution in [1.29, 1.82) is 0 Å². The van der Waals surface area contributed by atoms with Crippen molar-refractivity contribution in [1.82, 2.24) is 25.6 Å². The van der Waals surface area contributed by atoms with Crippen molar-refractivity contribution in [3.63, 3.8) is 0 Å². The van der Waals surface area contributed by atoms with E-state index in [0.717, 1.165) is 57.6 Å². The average Bonchev–Trinajstić information content (AvgIpc) is 3.35. The Bertz CT molecular complexity index is 1220. The third-order valence-corrected chi connectivity index (χ3v) is 6.76. The number of aryl methyl sites for hydroxylation is 1. The zero-order valence-corrected chi connectivity index (χ0v) is 18.0. The first kappa shape index (κ1) is 19.2. The predicted molar refractivity (Wildman–Crippen MR) is 119 cm³/mol. The molecule has 1 atom stereocenters. The molecule has 4 aromatic rings. The molecule has 3 heterocycles. The van der Waals surface area contributed by atoms with Crippen LogP contribution in [-0.4, -0.2) is 39.4 Å². The van der Waals surface area contributed by atoms with Crippen LogP contribution in [0.2, 0.25) is 0 Å². The van der Waals surface area contributed by atoms with Crippen LogP contribution in [0.1, 0.15) is 30.7 Å². The standard InChI is InChI=1S/C21H24N6O2S/c1-4-29-27-21(2)6-5-13-17(9-21)30-20-18(13)19(22-11-23-20)25-15-7-12-10-24-26-14(12)8-16(15)28-3/h7-8,10-11,27H,4-6,9H2,1-3H3,(H,24,26)(H,22,23,25). The number of nitrogens with zero attached hydrogens (tertiary/aromatic N) is 3. The number of thiophene rings is 1. The van der Waals surface area contributed by atoms with E-state index in [1.54, 1.807) is 31.0 Å². The number of hydrogen-bond acceptors (Lipinski definition) is 8. The maximum absolute atomic E-state index is 5.59. The number of methoxy groups -OCH3 is 1. The van der Waals surface area contributed by atoms with Crippen molar-refractivity contribution < 1.29 is 9.57 Å². The van der Waals surface area contributed by atoms with E-state index in [1.807, 2.05) is 19.1 Å². The summed E-state index contributed by atoms with van der Waals surface area (Å²) in [6.07, 6.45) is 6.27. The lowest BCUT2D eigenvalue weighted by atomic mass is 9.83. The second-order valence-electron chi connectivity index (χ2n) is 7.81. The highest BCUT2D eigenvalue weighted by molar-refractivity contribution is 7.19. The number of rotatable bonds is 6. The maximum Gasteiger partial charge on any atom is 0.144 e. The molecule has 9 heteroatoms. The SMILES string of the molecule is CCONC1(C)CCc2c(sc3ncnc(Nc4cc5cn[nH]c5cc4OC)c23)C1. The fourth-order valence-corrected chi connectivity index (χ4v) is 5.45. The van der Waals surface area contributed by atoms with Gasteiger partial charge >= 0.3 is 0 Å². The van der Waals surface area contributed by atoms with Crippen LogP contribution in [0.4, 0.5) is 11.5 Å². The van der Waals surface area contributed by atoms with E-state index < -0.39 is 0 Å². The Morgan fingerprint density at radius 2 is 2.20 bits per heavy atom. The Morgan fingerprint density at radius 3 is 3.03 bits per heavy atom. The van der Waals surface area contributed by atoms with Gasteiger partial charge in [-0.1, -0.05) is 0 Å².